The van der Waals surface area contributed by atoms with Crippen molar-refractivity contribution in [3.63, 3.8) is 0 Å². The quantitative estimate of drug-likeness (QED) is 0.322. The zero-order valence-corrected chi connectivity index (χ0v) is 22.3. The molecule has 0 aliphatic heterocycles. The Bertz CT molecular complexity index is 1390. The number of hydrogen-bond donors (Lipinski definition) is 1. The molecular weight excluding hydrogens is 460 g/mol. The highest BCUT2D eigenvalue weighted by molar-refractivity contribution is 5.82. The van der Waals surface area contributed by atoms with E-state index >= 15 is 0 Å². The lowest BCUT2D eigenvalue weighted by Gasteiger charge is -2.39. The molecule has 194 valence electrons. The molecule has 5 rings (SSSR count). The molecule has 1 aliphatic carbocycles. The van der Waals surface area contributed by atoms with Gasteiger partial charge in [0.1, 0.15) is 0 Å². The van der Waals surface area contributed by atoms with Crippen LogP contribution in [0, 0.1) is 13.8 Å². The first-order valence-corrected chi connectivity index (χ1v) is 13.7. The maximum absolute atomic E-state index is 13.3. The van der Waals surface area contributed by atoms with E-state index in [4.69, 9.17) is 0 Å². The molecule has 1 aliphatic rings. The Labute approximate surface area is 218 Å². The summed E-state index contributed by atoms with van der Waals surface area (Å²) in [6.45, 7) is 7.69. The van der Waals surface area contributed by atoms with E-state index in [0.717, 1.165) is 60.1 Å². The summed E-state index contributed by atoms with van der Waals surface area (Å²) in [5.74, 6) is 0.896. The lowest BCUT2D eigenvalue weighted by Crippen LogP contribution is -2.41. The lowest BCUT2D eigenvalue weighted by atomic mass is 9.92. The Kier molecular flexibility index (Phi) is 7.79. The van der Waals surface area contributed by atoms with Crippen LogP contribution in [0.3, 0.4) is 0 Å². The van der Waals surface area contributed by atoms with Gasteiger partial charge in [0.05, 0.1) is 11.6 Å². The number of pyridine rings is 1. The molecule has 4 aromatic rings. The van der Waals surface area contributed by atoms with Crippen LogP contribution in [0.2, 0.25) is 0 Å². The highest BCUT2D eigenvalue weighted by Gasteiger charge is 2.32. The molecule has 1 N–H and O–H groups in total. The van der Waals surface area contributed by atoms with Crippen molar-refractivity contribution in [3.05, 3.63) is 87.0 Å². The lowest BCUT2D eigenvalue weighted by molar-refractivity contribution is 0.0841. The average Bonchev–Trinajstić information content (AvgIpc) is 3.37. The summed E-state index contributed by atoms with van der Waals surface area (Å²) in [7, 11) is 0. The maximum atomic E-state index is 13.3. The first-order valence-electron chi connectivity index (χ1n) is 13.7. The number of aromatic nitrogens is 5. The van der Waals surface area contributed by atoms with Crippen molar-refractivity contribution in [2.45, 2.75) is 90.9 Å². The molecule has 0 unspecified atom stereocenters. The third kappa shape index (κ3) is 5.67. The number of tetrazole rings is 1. The summed E-state index contributed by atoms with van der Waals surface area (Å²) in [6.07, 6.45) is 7.78. The number of hydrogen-bond acceptors (Lipinski definition) is 5. The Morgan fingerprint density at radius 1 is 1.08 bits per heavy atom. The van der Waals surface area contributed by atoms with Crippen LogP contribution >= 0.6 is 0 Å². The second kappa shape index (κ2) is 11.4. The van der Waals surface area contributed by atoms with E-state index in [9.17, 15) is 4.79 Å². The number of aromatic amines is 1. The summed E-state index contributed by atoms with van der Waals surface area (Å²) < 4.78 is 1.97. The van der Waals surface area contributed by atoms with Crippen LogP contribution in [0.1, 0.15) is 79.6 Å². The standard InChI is InChI=1S/C30H38N6O/c1-4-27(29-32-33-34-36(29)16-15-23-11-7-5-8-12-23)35(26-13-9-6-10-14-26)20-25-19-24-18-21(2)17-22(3)28(24)31-30(25)37/h5,7-8,11-12,17-19,26-27H,4,6,9-10,13-16,20H2,1-3H3,(H,31,37)/t27-/m0/s1. The fourth-order valence-electron chi connectivity index (χ4n) is 6.01. The van der Waals surface area contributed by atoms with Crippen molar-refractivity contribution in [3.8, 4) is 0 Å². The van der Waals surface area contributed by atoms with Gasteiger partial charge in [-0.05, 0) is 78.6 Å². The number of aryl methyl sites for hydroxylation is 4. The highest BCUT2D eigenvalue weighted by atomic mass is 16.1. The molecule has 2 aromatic carbocycles. The Hall–Kier alpha value is -3.32. The summed E-state index contributed by atoms with van der Waals surface area (Å²) in [4.78, 5) is 19.0. The van der Waals surface area contributed by atoms with Gasteiger partial charge in [-0.3, -0.25) is 9.69 Å². The Morgan fingerprint density at radius 3 is 2.62 bits per heavy atom. The molecule has 2 aromatic heterocycles. The van der Waals surface area contributed by atoms with E-state index in [0.29, 0.717) is 12.6 Å². The van der Waals surface area contributed by atoms with Gasteiger partial charge in [-0.1, -0.05) is 68.1 Å². The largest absolute Gasteiger partial charge is 0.321 e. The van der Waals surface area contributed by atoms with Gasteiger partial charge in [0.25, 0.3) is 5.56 Å². The molecule has 1 fully saturated rings. The second-order valence-corrected chi connectivity index (χ2v) is 10.6. The zero-order valence-electron chi connectivity index (χ0n) is 22.3. The van der Waals surface area contributed by atoms with Crippen LogP contribution in [0.15, 0.2) is 53.3 Å². The van der Waals surface area contributed by atoms with Gasteiger partial charge in [-0.25, -0.2) is 4.68 Å². The van der Waals surface area contributed by atoms with E-state index in [2.05, 4.69) is 88.6 Å². The molecule has 0 radical (unpaired) electrons. The van der Waals surface area contributed by atoms with Crippen molar-refractivity contribution >= 4 is 10.9 Å². The van der Waals surface area contributed by atoms with E-state index in [1.807, 2.05) is 10.7 Å². The number of nitrogens with one attached hydrogen (secondary N) is 1. The van der Waals surface area contributed by atoms with Crippen molar-refractivity contribution in [2.24, 2.45) is 0 Å². The minimum Gasteiger partial charge on any atom is -0.321 e. The van der Waals surface area contributed by atoms with Gasteiger partial charge in [0.15, 0.2) is 5.82 Å². The Balaban J connectivity index is 1.48. The Morgan fingerprint density at radius 2 is 1.86 bits per heavy atom. The summed E-state index contributed by atoms with van der Waals surface area (Å²) >= 11 is 0. The number of nitrogens with zero attached hydrogens (tertiary/aromatic N) is 5. The zero-order chi connectivity index (χ0) is 25.8. The van der Waals surface area contributed by atoms with Crippen LogP contribution in [-0.2, 0) is 19.5 Å². The number of benzene rings is 2. The van der Waals surface area contributed by atoms with Gasteiger partial charge in [0, 0.05) is 24.7 Å². The molecule has 1 saturated carbocycles. The molecule has 7 nitrogen and oxygen atoms in total. The van der Waals surface area contributed by atoms with E-state index in [1.54, 1.807) is 0 Å². The SMILES string of the molecule is CC[C@@H](c1nnnn1CCc1ccccc1)N(Cc1cc2cc(C)cc(C)c2[nH]c1=O)C1CCCCC1. The van der Waals surface area contributed by atoms with Crippen LogP contribution in [-0.4, -0.2) is 36.1 Å². The first kappa shape index (κ1) is 25.3. The average molecular weight is 499 g/mol. The normalized spacial score (nSPS) is 15.5. The smallest absolute Gasteiger partial charge is 0.252 e. The number of fused-ring (bicyclic) bond motifs is 1. The number of H-pyrrole nitrogens is 1. The highest BCUT2D eigenvalue weighted by Crippen LogP contribution is 2.33. The maximum Gasteiger partial charge on any atom is 0.252 e. The molecule has 7 heteroatoms. The molecule has 1 atom stereocenters. The minimum atomic E-state index is -0.00113. The van der Waals surface area contributed by atoms with Gasteiger partial charge in [-0.2, -0.15) is 0 Å². The fourth-order valence-corrected chi connectivity index (χ4v) is 6.01. The van der Waals surface area contributed by atoms with Crippen molar-refractivity contribution in [1.29, 1.82) is 0 Å². The van der Waals surface area contributed by atoms with E-state index < -0.39 is 0 Å². The van der Waals surface area contributed by atoms with Crippen LogP contribution in [0.4, 0.5) is 0 Å². The molecule has 0 saturated heterocycles. The predicted octanol–water partition coefficient (Wildman–Crippen LogP) is 5.66. The molecule has 0 amide bonds. The van der Waals surface area contributed by atoms with Gasteiger partial charge in [-0.15, -0.1) is 5.10 Å². The molecular formula is C30H38N6O. The van der Waals surface area contributed by atoms with Gasteiger partial charge >= 0.3 is 0 Å². The topological polar surface area (TPSA) is 79.7 Å². The molecule has 0 spiro atoms. The third-order valence-corrected chi connectivity index (χ3v) is 7.87. The van der Waals surface area contributed by atoms with E-state index in [-0.39, 0.29) is 11.6 Å². The van der Waals surface area contributed by atoms with E-state index in [1.165, 1.54) is 30.4 Å². The summed E-state index contributed by atoms with van der Waals surface area (Å²) in [5.41, 5.74) is 5.32. The molecule has 37 heavy (non-hydrogen) atoms. The van der Waals surface area contributed by atoms with Crippen LogP contribution in [0.25, 0.3) is 10.9 Å². The van der Waals surface area contributed by atoms with Crippen molar-refractivity contribution in [2.75, 3.05) is 0 Å². The minimum absolute atomic E-state index is 0.00113. The number of rotatable bonds is 9. The van der Waals surface area contributed by atoms with Crippen molar-refractivity contribution in [1.82, 2.24) is 30.1 Å². The monoisotopic (exact) mass is 498 g/mol. The fraction of sp³-hybridized carbons (Fsp3) is 0.467. The van der Waals surface area contributed by atoms with Crippen LogP contribution in [0.5, 0.6) is 0 Å². The first-order chi connectivity index (χ1) is 18.0. The van der Waals surface area contributed by atoms with Crippen LogP contribution < -0.4 is 5.56 Å². The summed E-state index contributed by atoms with van der Waals surface area (Å²) in [6, 6.07) is 17.3. The molecule has 0 bridgehead atoms. The predicted molar refractivity (Wildman–Crippen MR) is 147 cm³/mol. The van der Waals surface area contributed by atoms with Crippen molar-refractivity contribution < 1.29 is 0 Å². The summed E-state index contributed by atoms with van der Waals surface area (Å²) in [5, 5.41) is 14.1. The van der Waals surface area contributed by atoms with Gasteiger partial charge < -0.3 is 4.98 Å². The second-order valence-electron chi connectivity index (χ2n) is 10.6. The third-order valence-electron chi connectivity index (χ3n) is 7.87. The van der Waals surface area contributed by atoms with Gasteiger partial charge in [0.2, 0.25) is 0 Å². The molecule has 2 heterocycles.